The SMILES string of the molecule is CC1CN(c2ncc(CN)cc2Cl)CC(C)O1. The molecule has 2 atom stereocenters. The van der Waals surface area contributed by atoms with E-state index >= 15 is 0 Å². The van der Waals surface area contributed by atoms with Gasteiger partial charge in [-0.25, -0.2) is 4.98 Å². The molecular formula is C12H18ClN3O. The molecule has 17 heavy (non-hydrogen) atoms. The zero-order valence-corrected chi connectivity index (χ0v) is 10.9. The van der Waals surface area contributed by atoms with E-state index in [-0.39, 0.29) is 12.2 Å². The molecule has 2 N–H and O–H groups in total. The normalized spacial score (nSPS) is 25.1. The van der Waals surface area contributed by atoms with Crippen LogP contribution in [0.15, 0.2) is 12.3 Å². The fourth-order valence-electron chi connectivity index (χ4n) is 2.17. The van der Waals surface area contributed by atoms with Crippen LogP contribution in [0.2, 0.25) is 5.02 Å². The Morgan fingerprint density at radius 1 is 1.47 bits per heavy atom. The summed E-state index contributed by atoms with van der Waals surface area (Å²) in [6.07, 6.45) is 2.18. The van der Waals surface area contributed by atoms with Gasteiger partial charge in [-0.05, 0) is 25.5 Å². The largest absolute Gasteiger partial charge is 0.372 e. The molecule has 1 aliphatic rings. The zero-order valence-electron chi connectivity index (χ0n) is 10.2. The number of aromatic nitrogens is 1. The minimum Gasteiger partial charge on any atom is -0.372 e. The lowest BCUT2D eigenvalue weighted by molar-refractivity contribution is -0.00545. The molecule has 5 heteroatoms. The molecule has 0 saturated carbocycles. The number of hydrogen-bond donors (Lipinski definition) is 1. The molecule has 0 amide bonds. The predicted octanol–water partition coefficient (Wildman–Crippen LogP) is 1.81. The lowest BCUT2D eigenvalue weighted by Crippen LogP contribution is -2.46. The Bertz CT molecular complexity index is 389. The topological polar surface area (TPSA) is 51.4 Å². The molecule has 4 nitrogen and oxygen atoms in total. The van der Waals surface area contributed by atoms with Crippen LogP contribution < -0.4 is 10.6 Å². The van der Waals surface area contributed by atoms with E-state index in [0.717, 1.165) is 24.5 Å². The maximum atomic E-state index is 6.24. The van der Waals surface area contributed by atoms with Crippen LogP contribution in [0, 0.1) is 0 Å². The summed E-state index contributed by atoms with van der Waals surface area (Å²) in [5.41, 5.74) is 6.51. The number of nitrogens with zero attached hydrogens (tertiary/aromatic N) is 2. The number of pyridine rings is 1. The van der Waals surface area contributed by atoms with E-state index in [4.69, 9.17) is 22.1 Å². The first-order valence-corrected chi connectivity index (χ1v) is 6.23. The van der Waals surface area contributed by atoms with E-state index in [9.17, 15) is 0 Å². The zero-order chi connectivity index (χ0) is 12.4. The minimum atomic E-state index is 0.200. The number of rotatable bonds is 2. The minimum absolute atomic E-state index is 0.200. The van der Waals surface area contributed by atoms with Crippen molar-refractivity contribution in [2.45, 2.75) is 32.6 Å². The molecule has 1 fully saturated rings. The van der Waals surface area contributed by atoms with Gasteiger partial charge in [-0.2, -0.15) is 0 Å². The average molecular weight is 256 g/mol. The molecule has 0 aliphatic carbocycles. The third-order valence-corrected chi connectivity index (χ3v) is 3.11. The van der Waals surface area contributed by atoms with E-state index < -0.39 is 0 Å². The number of ether oxygens (including phenoxy) is 1. The van der Waals surface area contributed by atoms with E-state index in [1.165, 1.54) is 0 Å². The highest BCUT2D eigenvalue weighted by Crippen LogP contribution is 2.26. The quantitative estimate of drug-likeness (QED) is 0.876. The molecule has 0 aromatic carbocycles. The highest BCUT2D eigenvalue weighted by Gasteiger charge is 2.24. The summed E-state index contributed by atoms with van der Waals surface area (Å²) in [5.74, 6) is 0.825. The van der Waals surface area contributed by atoms with E-state index in [1.54, 1.807) is 6.20 Å². The van der Waals surface area contributed by atoms with Crippen LogP contribution in [0.4, 0.5) is 5.82 Å². The van der Waals surface area contributed by atoms with Gasteiger partial charge in [0.2, 0.25) is 0 Å². The average Bonchev–Trinajstić information content (AvgIpc) is 2.27. The molecule has 1 aromatic heterocycles. The van der Waals surface area contributed by atoms with Gasteiger partial charge in [0, 0.05) is 25.8 Å². The van der Waals surface area contributed by atoms with Gasteiger partial charge in [0.1, 0.15) is 5.82 Å². The summed E-state index contributed by atoms with van der Waals surface area (Å²) in [7, 11) is 0. The van der Waals surface area contributed by atoms with Crippen LogP contribution in [-0.2, 0) is 11.3 Å². The van der Waals surface area contributed by atoms with Crippen molar-refractivity contribution in [1.29, 1.82) is 0 Å². The number of morpholine rings is 1. The van der Waals surface area contributed by atoms with E-state index in [2.05, 4.69) is 23.7 Å². The highest BCUT2D eigenvalue weighted by molar-refractivity contribution is 6.33. The number of nitrogens with two attached hydrogens (primary N) is 1. The van der Waals surface area contributed by atoms with Crippen LogP contribution in [0.1, 0.15) is 19.4 Å². The van der Waals surface area contributed by atoms with Crippen molar-refractivity contribution >= 4 is 17.4 Å². The molecule has 0 radical (unpaired) electrons. The Kier molecular flexibility index (Phi) is 3.86. The Morgan fingerprint density at radius 3 is 2.65 bits per heavy atom. The summed E-state index contributed by atoms with van der Waals surface area (Å²) < 4.78 is 5.69. The molecule has 2 rings (SSSR count). The molecule has 2 unspecified atom stereocenters. The maximum absolute atomic E-state index is 6.24. The lowest BCUT2D eigenvalue weighted by atomic mass is 10.2. The highest BCUT2D eigenvalue weighted by atomic mass is 35.5. The van der Waals surface area contributed by atoms with Crippen molar-refractivity contribution in [3.63, 3.8) is 0 Å². The molecule has 1 saturated heterocycles. The molecule has 0 spiro atoms. The van der Waals surface area contributed by atoms with Crippen molar-refractivity contribution in [3.05, 3.63) is 22.8 Å². The van der Waals surface area contributed by atoms with Crippen molar-refractivity contribution in [1.82, 2.24) is 4.98 Å². The van der Waals surface area contributed by atoms with E-state index in [0.29, 0.717) is 11.6 Å². The Balaban J connectivity index is 2.21. The maximum Gasteiger partial charge on any atom is 0.147 e. The first-order chi connectivity index (χ1) is 8.10. The summed E-state index contributed by atoms with van der Waals surface area (Å²) in [5, 5.41) is 0.661. The van der Waals surface area contributed by atoms with Crippen molar-refractivity contribution in [3.8, 4) is 0 Å². The fourth-order valence-corrected chi connectivity index (χ4v) is 2.47. The van der Waals surface area contributed by atoms with Crippen LogP contribution in [-0.4, -0.2) is 30.3 Å². The third kappa shape index (κ3) is 2.89. The number of halogens is 1. The Morgan fingerprint density at radius 2 is 2.12 bits per heavy atom. The second-order valence-corrected chi connectivity index (χ2v) is 4.92. The second kappa shape index (κ2) is 5.21. The van der Waals surface area contributed by atoms with E-state index in [1.807, 2.05) is 6.07 Å². The Labute approximate surface area is 107 Å². The first kappa shape index (κ1) is 12.6. The molecule has 1 aliphatic heterocycles. The smallest absolute Gasteiger partial charge is 0.147 e. The number of hydrogen-bond acceptors (Lipinski definition) is 4. The number of anilines is 1. The fraction of sp³-hybridized carbons (Fsp3) is 0.583. The summed E-state index contributed by atoms with van der Waals surface area (Å²) in [6, 6.07) is 1.88. The lowest BCUT2D eigenvalue weighted by Gasteiger charge is -2.36. The van der Waals surface area contributed by atoms with Crippen LogP contribution >= 0.6 is 11.6 Å². The van der Waals surface area contributed by atoms with Gasteiger partial charge in [0.05, 0.1) is 17.2 Å². The molecule has 0 bridgehead atoms. The van der Waals surface area contributed by atoms with Gasteiger partial charge in [0.25, 0.3) is 0 Å². The predicted molar refractivity (Wildman–Crippen MR) is 69.4 cm³/mol. The summed E-state index contributed by atoms with van der Waals surface area (Å²) >= 11 is 6.24. The van der Waals surface area contributed by atoms with Crippen molar-refractivity contribution < 1.29 is 4.74 Å². The van der Waals surface area contributed by atoms with Gasteiger partial charge in [-0.1, -0.05) is 11.6 Å². The summed E-state index contributed by atoms with van der Waals surface area (Å²) in [6.45, 7) is 6.22. The standard InChI is InChI=1S/C12H18ClN3O/c1-8-6-16(7-9(2)17-8)12-11(13)3-10(4-14)5-15-12/h3,5,8-9H,4,6-7,14H2,1-2H3. The van der Waals surface area contributed by atoms with Gasteiger partial charge in [-0.3, -0.25) is 0 Å². The summed E-state index contributed by atoms with van der Waals surface area (Å²) in [4.78, 5) is 6.57. The van der Waals surface area contributed by atoms with Gasteiger partial charge in [-0.15, -0.1) is 0 Å². The first-order valence-electron chi connectivity index (χ1n) is 5.85. The third-order valence-electron chi connectivity index (χ3n) is 2.83. The molecule has 2 heterocycles. The Hall–Kier alpha value is -0.840. The van der Waals surface area contributed by atoms with Gasteiger partial charge >= 0.3 is 0 Å². The monoisotopic (exact) mass is 255 g/mol. The van der Waals surface area contributed by atoms with Crippen LogP contribution in [0.25, 0.3) is 0 Å². The van der Waals surface area contributed by atoms with Crippen molar-refractivity contribution in [2.75, 3.05) is 18.0 Å². The van der Waals surface area contributed by atoms with Crippen LogP contribution in [0.5, 0.6) is 0 Å². The second-order valence-electron chi connectivity index (χ2n) is 4.52. The van der Waals surface area contributed by atoms with Gasteiger partial charge in [0.15, 0.2) is 0 Å². The molecular weight excluding hydrogens is 238 g/mol. The van der Waals surface area contributed by atoms with Crippen LogP contribution in [0.3, 0.4) is 0 Å². The van der Waals surface area contributed by atoms with Crippen molar-refractivity contribution in [2.24, 2.45) is 5.73 Å². The molecule has 94 valence electrons. The van der Waals surface area contributed by atoms with Gasteiger partial charge < -0.3 is 15.4 Å². The molecule has 1 aromatic rings.